The highest BCUT2D eigenvalue weighted by molar-refractivity contribution is 5.95. The Hall–Kier alpha value is -3.33. The molecule has 1 saturated heterocycles. The number of ether oxygens (including phenoxy) is 2. The van der Waals surface area contributed by atoms with Gasteiger partial charge in [-0.2, -0.15) is 9.97 Å². The van der Waals surface area contributed by atoms with E-state index < -0.39 is 0 Å². The fourth-order valence-electron chi connectivity index (χ4n) is 3.37. The zero-order chi connectivity index (χ0) is 20.9. The van der Waals surface area contributed by atoms with Crippen molar-refractivity contribution in [3.8, 4) is 5.75 Å². The van der Waals surface area contributed by atoms with Crippen molar-refractivity contribution in [1.29, 1.82) is 0 Å². The van der Waals surface area contributed by atoms with Gasteiger partial charge in [0, 0.05) is 31.4 Å². The first kappa shape index (κ1) is 20.0. The van der Waals surface area contributed by atoms with Crippen LogP contribution in [0.15, 0.2) is 30.5 Å². The summed E-state index contributed by atoms with van der Waals surface area (Å²) < 4.78 is 10.9. The number of aromatic amines is 1. The normalized spacial score (nSPS) is 14.0. The molecule has 0 spiro atoms. The van der Waals surface area contributed by atoms with Crippen molar-refractivity contribution in [2.45, 2.75) is 13.3 Å². The third-order valence-corrected chi connectivity index (χ3v) is 4.95. The Bertz CT molecular complexity index is 1030. The van der Waals surface area contributed by atoms with Crippen LogP contribution in [0.4, 0.5) is 17.5 Å². The van der Waals surface area contributed by atoms with Crippen molar-refractivity contribution >= 4 is 34.4 Å². The number of hydrogen-bond acceptors (Lipinski definition) is 7. The largest absolute Gasteiger partial charge is 0.495 e. The smallest absolute Gasteiger partial charge is 0.254 e. The van der Waals surface area contributed by atoms with Gasteiger partial charge in [-0.3, -0.25) is 4.79 Å². The quantitative estimate of drug-likeness (QED) is 0.550. The van der Waals surface area contributed by atoms with Gasteiger partial charge in [-0.15, -0.1) is 0 Å². The maximum atomic E-state index is 12.8. The number of hydrogen-bond donors (Lipinski definition) is 3. The minimum absolute atomic E-state index is 0.0294. The number of benzene rings is 1. The third kappa shape index (κ3) is 4.16. The number of methoxy groups -OCH3 is 1. The van der Waals surface area contributed by atoms with Crippen molar-refractivity contribution in [2.24, 2.45) is 0 Å². The van der Waals surface area contributed by atoms with Crippen molar-refractivity contribution < 1.29 is 14.3 Å². The molecule has 0 unspecified atom stereocenters. The van der Waals surface area contributed by atoms with E-state index in [1.165, 1.54) is 0 Å². The van der Waals surface area contributed by atoms with Crippen molar-refractivity contribution in [3.05, 3.63) is 36.0 Å². The summed E-state index contributed by atoms with van der Waals surface area (Å²) in [7, 11) is 1.58. The number of H-pyrrole nitrogens is 1. The maximum Gasteiger partial charge on any atom is 0.254 e. The molecule has 0 radical (unpaired) electrons. The number of nitrogens with one attached hydrogen (secondary N) is 3. The Morgan fingerprint density at radius 2 is 2.10 bits per heavy atom. The molecule has 0 aliphatic carbocycles. The van der Waals surface area contributed by atoms with E-state index in [1.54, 1.807) is 24.1 Å². The van der Waals surface area contributed by atoms with E-state index in [0.29, 0.717) is 49.3 Å². The van der Waals surface area contributed by atoms with Gasteiger partial charge in [0.1, 0.15) is 17.2 Å². The number of morpholine rings is 1. The molecule has 1 aliphatic heterocycles. The first-order chi connectivity index (χ1) is 14.7. The molecule has 9 heteroatoms. The summed E-state index contributed by atoms with van der Waals surface area (Å²) in [5, 5.41) is 7.49. The van der Waals surface area contributed by atoms with Crippen LogP contribution in [-0.4, -0.2) is 65.7 Å². The first-order valence-corrected chi connectivity index (χ1v) is 10.1. The summed E-state index contributed by atoms with van der Waals surface area (Å²) in [5.41, 5.74) is 2.00. The number of carbonyl (C=O) groups excluding carboxylic acids is 1. The summed E-state index contributed by atoms with van der Waals surface area (Å²) in [5.74, 6) is 1.73. The van der Waals surface area contributed by atoms with Crippen LogP contribution in [0.5, 0.6) is 5.75 Å². The number of nitrogens with zero attached hydrogens (tertiary/aromatic N) is 3. The summed E-state index contributed by atoms with van der Waals surface area (Å²) in [6.45, 7) is 5.24. The molecule has 9 nitrogen and oxygen atoms in total. The van der Waals surface area contributed by atoms with E-state index >= 15 is 0 Å². The molecule has 1 aliphatic rings. The highest BCUT2D eigenvalue weighted by atomic mass is 16.5. The van der Waals surface area contributed by atoms with Crippen molar-refractivity contribution in [2.75, 3.05) is 50.6 Å². The SMILES string of the molecule is CCCNc1nc(Nc2ccc(C(=O)N3CCOCC3)cc2OC)nc2[nH]ccc12. The molecule has 3 heterocycles. The maximum absolute atomic E-state index is 12.8. The van der Waals surface area contributed by atoms with Gasteiger partial charge in [0.05, 0.1) is 31.4 Å². The number of fused-ring (bicyclic) bond motifs is 1. The molecule has 30 heavy (non-hydrogen) atoms. The lowest BCUT2D eigenvalue weighted by atomic mass is 10.1. The topological polar surface area (TPSA) is 104 Å². The van der Waals surface area contributed by atoms with Crippen LogP contribution in [0.25, 0.3) is 11.0 Å². The number of carbonyl (C=O) groups is 1. The van der Waals surface area contributed by atoms with Gasteiger partial charge in [0.25, 0.3) is 5.91 Å². The zero-order valence-corrected chi connectivity index (χ0v) is 17.2. The molecule has 0 bridgehead atoms. The van der Waals surface area contributed by atoms with Crippen LogP contribution in [0.1, 0.15) is 23.7 Å². The molecule has 3 aromatic rings. The average molecular weight is 410 g/mol. The van der Waals surface area contributed by atoms with Crippen LogP contribution >= 0.6 is 0 Å². The fourth-order valence-corrected chi connectivity index (χ4v) is 3.37. The van der Waals surface area contributed by atoms with Gasteiger partial charge < -0.3 is 30.0 Å². The Morgan fingerprint density at radius 1 is 1.27 bits per heavy atom. The van der Waals surface area contributed by atoms with Gasteiger partial charge in [-0.05, 0) is 30.7 Å². The molecule has 158 valence electrons. The lowest BCUT2D eigenvalue weighted by Crippen LogP contribution is -2.40. The minimum atomic E-state index is -0.0294. The highest BCUT2D eigenvalue weighted by Gasteiger charge is 2.20. The third-order valence-electron chi connectivity index (χ3n) is 4.95. The van der Waals surface area contributed by atoms with Crippen LogP contribution in [0.3, 0.4) is 0 Å². The Balaban J connectivity index is 1.59. The Morgan fingerprint density at radius 3 is 2.87 bits per heavy atom. The molecule has 0 saturated carbocycles. The number of aromatic nitrogens is 3. The number of amides is 1. The van der Waals surface area contributed by atoms with E-state index in [0.717, 1.165) is 29.8 Å². The van der Waals surface area contributed by atoms with E-state index in [-0.39, 0.29) is 5.91 Å². The lowest BCUT2D eigenvalue weighted by molar-refractivity contribution is 0.0302. The van der Waals surface area contributed by atoms with E-state index in [4.69, 9.17) is 9.47 Å². The minimum Gasteiger partial charge on any atom is -0.495 e. The molecular weight excluding hydrogens is 384 g/mol. The Kier molecular flexibility index (Phi) is 5.99. The molecule has 1 fully saturated rings. The molecular formula is C21H26N6O3. The summed E-state index contributed by atoms with van der Waals surface area (Å²) in [4.78, 5) is 26.8. The van der Waals surface area contributed by atoms with Gasteiger partial charge in [0.15, 0.2) is 0 Å². The monoisotopic (exact) mass is 410 g/mol. The lowest BCUT2D eigenvalue weighted by Gasteiger charge is -2.27. The van der Waals surface area contributed by atoms with E-state index in [9.17, 15) is 4.79 Å². The predicted octanol–water partition coefficient (Wildman–Crippen LogP) is 3.00. The number of rotatable bonds is 7. The van der Waals surface area contributed by atoms with Gasteiger partial charge >= 0.3 is 0 Å². The number of anilines is 3. The van der Waals surface area contributed by atoms with Crippen LogP contribution in [-0.2, 0) is 4.74 Å². The van der Waals surface area contributed by atoms with Crippen molar-refractivity contribution in [3.63, 3.8) is 0 Å². The van der Waals surface area contributed by atoms with Crippen molar-refractivity contribution in [1.82, 2.24) is 19.9 Å². The average Bonchev–Trinajstić information content (AvgIpc) is 3.26. The second-order valence-corrected chi connectivity index (χ2v) is 7.01. The summed E-state index contributed by atoms with van der Waals surface area (Å²) in [6.07, 6.45) is 2.83. The molecule has 1 amide bonds. The van der Waals surface area contributed by atoms with E-state index in [1.807, 2.05) is 18.3 Å². The molecule has 0 atom stereocenters. The van der Waals surface area contributed by atoms with Gasteiger partial charge in [-0.1, -0.05) is 6.92 Å². The molecule has 2 aromatic heterocycles. The molecule has 4 rings (SSSR count). The summed E-state index contributed by atoms with van der Waals surface area (Å²) >= 11 is 0. The first-order valence-electron chi connectivity index (χ1n) is 10.1. The van der Waals surface area contributed by atoms with E-state index in [2.05, 4.69) is 32.5 Å². The molecule has 3 N–H and O–H groups in total. The second-order valence-electron chi connectivity index (χ2n) is 7.01. The van der Waals surface area contributed by atoms with Gasteiger partial charge in [0.2, 0.25) is 5.95 Å². The predicted molar refractivity (Wildman–Crippen MR) is 116 cm³/mol. The highest BCUT2D eigenvalue weighted by Crippen LogP contribution is 2.30. The van der Waals surface area contributed by atoms with Crippen LogP contribution < -0.4 is 15.4 Å². The zero-order valence-electron chi connectivity index (χ0n) is 17.2. The van der Waals surface area contributed by atoms with Crippen LogP contribution in [0.2, 0.25) is 0 Å². The fraction of sp³-hybridized carbons (Fsp3) is 0.381. The Labute approximate surface area is 174 Å². The van der Waals surface area contributed by atoms with Crippen LogP contribution in [0, 0.1) is 0 Å². The van der Waals surface area contributed by atoms with Gasteiger partial charge in [-0.25, -0.2) is 0 Å². The molecule has 1 aromatic carbocycles. The second kappa shape index (κ2) is 9.00. The summed E-state index contributed by atoms with van der Waals surface area (Å²) in [6, 6.07) is 7.28. The standard InChI is InChI=1S/C21H26N6O3/c1-3-7-22-18-15-6-8-23-19(15)26-21(25-18)24-16-5-4-14(13-17(16)29-2)20(28)27-9-11-30-12-10-27/h4-6,8,13H,3,7,9-12H2,1-2H3,(H3,22,23,24,25,26).